The number of benzene rings is 1. The van der Waals surface area contributed by atoms with Gasteiger partial charge in [0.15, 0.2) is 0 Å². The molecule has 0 amide bonds. The Labute approximate surface area is 112 Å². The molecule has 18 heavy (non-hydrogen) atoms. The molecule has 0 fully saturated rings. The van der Waals surface area contributed by atoms with Crippen LogP contribution in [0.1, 0.15) is 51.2 Å². The highest BCUT2D eigenvalue weighted by Crippen LogP contribution is 2.23. The van der Waals surface area contributed by atoms with Gasteiger partial charge in [-0.3, -0.25) is 0 Å². The van der Waals surface area contributed by atoms with E-state index in [4.69, 9.17) is 4.74 Å². The number of rotatable bonds is 7. The fourth-order valence-electron chi connectivity index (χ4n) is 2.00. The predicted molar refractivity (Wildman–Crippen MR) is 78.5 cm³/mol. The van der Waals surface area contributed by atoms with Crippen LogP contribution in [0.3, 0.4) is 0 Å². The molecule has 102 valence electrons. The topological polar surface area (TPSA) is 21.3 Å². The van der Waals surface area contributed by atoms with Crippen LogP contribution in [0.5, 0.6) is 5.75 Å². The molecular weight excluding hydrogens is 222 g/mol. The molecule has 1 aromatic rings. The third-order valence-corrected chi connectivity index (χ3v) is 3.34. The van der Waals surface area contributed by atoms with Crippen molar-refractivity contribution in [1.29, 1.82) is 0 Å². The molecule has 0 heterocycles. The van der Waals surface area contributed by atoms with Crippen LogP contribution < -0.4 is 10.1 Å². The second-order valence-electron chi connectivity index (χ2n) is 5.28. The minimum Gasteiger partial charge on any atom is -0.492 e. The zero-order valence-electron chi connectivity index (χ0n) is 12.4. The summed E-state index contributed by atoms with van der Waals surface area (Å²) in [7, 11) is 0. The minimum atomic E-state index is 0.568. The monoisotopic (exact) mass is 249 g/mol. The van der Waals surface area contributed by atoms with Crippen LogP contribution >= 0.6 is 0 Å². The van der Waals surface area contributed by atoms with E-state index in [2.05, 4.69) is 58.1 Å². The molecule has 1 aromatic carbocycles. The molecule has 2 heteroatoms. The second-order valence-corrected chi connectivity index (χ2v) is 5.28. The Balaban J connectivity index is 2.42. The van der Waals surface area contributed by atoms with Crippen molar-refractivity contribution < 1.29 is 4.74 Å². The first-order valence-electron chi connectivity index (χ1n) is 7.01. The Kier molecular flexibility index (Phi) is 6.20. The lowest BCUT2D eigenvalue weighted by Gasteiger charge is -2.14. The van der Waals surface area contributed by atoms with Gasteiger partial charge in [0.2, 0.25) is 0 Å². The van der Waals surface area contributed by atoms with Crippen molar-refractivity contribution in [2.24, 2.45) is 0 Å². The molecule has 0 radical (unpaired) electrons. The average molecular weight is 249 g/mol. The van der Waals surface area contributed by atoms with E-state index in [1.54, 1.807) is 0 Å². The summed E-state index contributed by atoms with van der Waals surface area (Å²) in [6.45, 7) is 12.6. The van der Waals surface area contributed by atoms with E-state index in [1.807, 2.05) is 0 Å². The molecule has 0 aromatic heterocycles. The lowest BCUT2D eigenvalue weighted by molar-refractivity contribution is 0.306. The zero-order valence-corrected chi connectivity index (χ0v) is 12.4. The summed E-state index contributed by atoms with van der Waals surface area (Å²) in [6.07, 6.45) is 1.15. The van der Waals surface area contributed by atoms with Crippen LogP contribution in [0.2, 0.25) is 0 Å². The molecule has 1 N–H and O–H groups in total. The number of hydrogen-bond donors (Lipinski definition) is 1. The van der Waals surface area contributed by atoms with Gasteiger partial charge in [0.05, 0.1) is 0 Å². The van der Waals surface area contributed by atoms with Gasteiger partial charge in [-0.25, -0.2) is 0 Å². The normalized spacial score (nSPS) is 12.8. The van der Waals surface area contributed by atoms with Crippen molar-refractivity contribution in [1.82, 2.24) is 5.32 Å². The van der Waals surface area contributed by atoms with Crippen LogP contribution in [-0.4, -0.2) is 19.2 Å². The van der Waals surface area contributed by atoms with Gasteiger partial charge >= 0.3 is 0 Å². The van der Waals surface area contributed by atoms with Crippen molar-refractivity contribution in [3.05, 3.63) is 29.3 Å². The molecule has 0 aliphatic heterocycles. The smallest absolute Gasteiger partial charge is 0.119 e. The maximum atomic E-state index is 5.75. The van der Waals surface area contributed by atoms with E-state index in [0.717, 1.165) is 25.3 Å². The molecule has 0 saturated carbocycles. The van der Waals surface area contributed by atoms with Gasteiger partial charge in [-0.1, -0.05) is 26.8 Å². The van der Waals surface area contributed by atoms with Crippen LogP contribution in [0.15, 0.2) is 18.2 Å². The SMILES string of the molecule is CC[C@@H](C)NCCOc1ccc(C(C)C)c(C)c1. The van der Waals surface area contributed by atoms with Crippen molar-refractivity contribution in [3.63, 3.8) is 0 Å². The Morgan fingerprint density at radius 3 is 2.50 bits per heavy atom. The number of hydrogen-bond acceptors (Lipinski definition) is 2. The van der Waals surface area contributed by atoms with Crippen LogP contribution in [0, 0.1) is 6.92 Å². The molecular formula is C16H27NO. The summed E-state index contributed by atoms with van der Waals surface area (Å²) >= 11 is 0. The highest BCUT2D eigenvalue weighted by Gasteiger charge is 2.04. The van der Waals surface area contributed by atoms with Gasteiger partial charge < -0.3 is 10.1 Å². The van der Waals surface area contributed by atoms with Gasteiger partial charge in [-0.05, 0) is 49.4 Å². The van der Waals surface area contributed by atoms with Crippen molar-refractivity contribution >= 4 is 0 Å². The third kappa shape index (κ3) is 4.69. The first-order chi connectivity index (χ1) is 8.54. The fourth-order valence-corrected chi connectivity index (χ4v) is 2.00. The predicted octanol–water partition coefficient (Wildman–Crippen LogP) is 3.89. The number of nitrogens with one attached hydrogen (secondary N) is 1. The first kappa shape index (κ1) is 15.0. The van der Waals surface area contributed by atoms with Crippen molar-refractivity contribution in [3.8, 4) is 5.75 Å². The molecule has 0 bridgehead atoms. The average Bonchev–Trinajstić information content (AvgIpc) is 2.34. The summed E-state index contributed by atoms with van der Waals surface area (Å²) in [5, 5.41) is 3.42. The first-order valence-corrected chi connectivity index (χ1v) is 7.01. The van der Waals surface area contributed by atoms with E-state index in [-0.39, 0.29) is 0 Å². The van der Waals surface area contributed by atoms with Gasteiger partial charge in [0.25, 0.3) is 0 Å². The Morgan fingerprint density at radius 2 is 1.94 bits per heavy atom. The standard InChI is InChI=1S/C16H27NO/c1-6-14(5)17-9-10-18-15-7-8-16(12(2)3)13(4)11-15/h7-8,11-12,14,17H,6,9-10H2,1-5H3/t14-/m1/s1. The van der Waals surface area contributed by atoms with E-state index in [1.165, 1.54) is 11.1 Å². The summed E-state index contributed by atoms with van der Waals surface area (Å²) in [5.74, 6) is 1.55. The molecule has 0 aliphatic carbocycles. The minimum absolute atomic E-state index is 0.568. The maximum Gasteiger partial charge on any atom is 0.119 e. The summed E-state index contributed by atoms with van der Waals surface area (Å²) in [4.78, 5) is 0. The molecule has 0 aliphatic rings. The Hall–Kier alpha value is -1.02. The fraction of sp³-hybridized carbons (Fsp3) is 0.625. The highest BCUT2D eigenvalue weighted by molar-refractivity contribution is 5.36. The Morgan fingerprint density at radius 1 is 1.22 bits per heavy atom. The van der Waals surface area contributed by atoms with Crippen LogP contribution in [0.4, 0.5) is 0 Å². The van der Waals surface area contributed by atoms with Crippen molar-refractivity contribution in [2.45, 2.75) is 53.0 Å². The highest BCUT2D eigenvalue weighted by atomic mass is 16.5. The van der Waals surface area contributed by atoms with Crippen molar-refractivity contribution in [2.75, 3.05) is 13.2 Å². The lowest BCUT2D eigenvalue weighted by Crippen LogP contribution is -2.29. The number of aryl methyl sites for hydroxylation is 1. The summed E-state index contributed by atoms with van der Waals surface area (Å²) in [5.41, 5.74) is 2.72. The maximum absolute atomic E-state index is 5.75. The molecule has 2 nitrogen and oxygen atoms in total. The number of ether oxygens (including phenoxy) is 1. The molecule has 1 rings (SSSR count). The van der Waals surface area contributed by atoms with E-state index in [9.17, 15) is 0 Å². The van der Waals surface area contributed by atoms with Gasteiger partial charge in [0, 0.05) is 12.6 Å². The quantitative estimate of drug-likeness (QED) is 0.740. The van der Waals surface area contributed by atoms with Crippen LogP contribution in [-0.2, 0) is 0 Å². The molecule has 1 atom stereocenters. The lowest BCUT2D eigenvalue weighted by atomic mass is 9.98. The van der Waals surface area contributed by atoms with E-state index < -0.39 is 0 Å². The largest absolute Gasteiger partial charge is 0.492 e. The van der Waals surface area contributed by atoms with Gasteiger partial charge in [-0.2, -0.15) is 0 Å². The van der Waals surface area contributed by atoms with Gasteiger partial charge in [-0.15, -0.1) is 0 Å². The van der Waals surface area contributed by atoms with E-state index in [0.29, 0.717) is 12.0 Å². The Bertz CT molecular complexity index is 360. The summed E-state index contributed by atoms with van der Waals surface area (Å²) < 4.78 is 5.75. The molecule has 0 saturated heterocycles. The third-order valence-electron chi connectivity index (χ3n) is 3.34. The zero-order chi connectivity index (χ0) is 13.5. The van der Waals surface area contributed by atoms with Crippen LogP contribution in [0.25, 0.3) is 0 Å². The van der Waals surface area contributed by atoms with E-state index >= 15 is 0 Å². The summed E-state index contributed by atoms with van der Waals surface area (Å²) in [6, 6.07) is 6.96. The second kappa shape index (κ2) is 7.42. The van der Waals surface area contributed by atoms with Gasteiger partial charge in [0.1, 0.15) is 12.4 Å². The molecule has 0 spiro atoms. The molecule has 0 unspecified atom stereocenters.